The van der Waals surface area contributed by atoms with Crippen molar-refractivity contribution in [3.8, 4) is 0 Å². The molecule has 0 saturated heterocycles. The minimum Gasteiger partial charge on any atom is -0.322 e. The maximum atomic E-state index is 13.0. The van der Waals surface area contributed by atoms with Crippen LogP contribution in [-0.4, -0.2) is 10.9 Å². The molecule has 1 aromatic heterocycles. The van der Waals surface area contributed by atoms with Crippen LogP contribution in [0.4, 0.5) is 18.9 Å². The van der Waals surface area contributed by atoms with Crippen molar-refractivity contribution in [2.24, 2.45) is 0 Å². The summed E-state index contributed by atoms with van der Waals surface area (Å²) >= 11 is 5.74. The minimum atomic E-state index is -1.60. The molecule has 0 atom stereocenters. The number of benzene rings is 1. The first-order valence-corrected chi connectivity index (χ1v) is 5.42. The molecule has 0 radical (unpaired) electrons. The standard InChI is InChI=1S/C12H6ClF3N2O/c13-8-5-17-2-1-7(8)12(19)18-6-3-9(14)11(16)10(15)4-6/h1-5H,(H,18,19). The van der Waals surface area contributed by atoms with Gasteiger partial charge in [-0.15, -0.1) is 0 Å². The Morgan fingerprint density at radius 2 is 1.84 bits per heavy atom. The van der Waals surface area contributed by atoms with E-state index in [-0.39, 0.29) is 16.3 Å². The molecule has 0 bridgehead atoms. The number of halogens is 4. The van der Waals surface area contributed by atoms with Crippen LogP contribution >= 0.6 is 11.6 Å². The van der Waals surface area contributed by atoms with E-state index in [1.807, 2.05) is 0 Å². The summed E-state index contributed by atoms with van der Waals surface area (Å²) in [6.07, 6.45) is 2.59. The van der Waals surface area contributed by atoms with Crippen molar-refractivity contribution in [2.45, 2.75) is 0 Å². The van der Waals surface area contributed by atoms with E-state index in [1.54, 1.807) is 0 Å². The van der Waals surface area contributed by atoms with Crippen LogP contribution in [0.25, 0.3) is 0 Å². The van der Waals surface area contributed by atoms with Gasteiger partial charge in [0.05, 0.1) is 10.6 Å². The van der Waals surface area contributed by atoms with Crippen LogP contribution in [0.2, 0.25) is 5.02 Å². The third-order valence-electron chi connectivity index (χ3n) is 2.26. The lowest BCUT2D eigenvalue weighted by molar-refractivity contribution is 0.102. The summed E-state index contributed by atoms with van der Waals surface area (Å²) in [5.41, 5.74) is -0.129. The lowest BCUT2D eigenvalue weighted by atomic mass is 10.2. The van der Waals surface area contributed by atoms with Gasteiger partial charge in [-0.1, -0.05) is 11.6 Å². The number of carbonyl (C=O) groups is 1. The predicted molar refractivity (Wildman–Crippen MR) is 63.5 cm³/mol. The molecular weight excluding hydrogens is 281 g/mol. The summed E-state index contributed by atoms with van der Waals surface area (Å²) in [7, 11) is 0. The highest BCUT2D eigenvalue weighted by Gasteiger charge is 2.14. The second-order valence-electron chi connectivity index (χ2n) is 3.56. The first-order valence-electron chi connectivity index (χ1n) is 5.04. The van der Waals surface area contributed by atoms with Gasteiger partial charge in [-0.3, -0.25) is 9.78 Å². The van der Waals surface area contributed by atoms with E-state index in [0.717, 1.165) is 0 Å². The predicted octanol–water partition coefficient (Wildman–Crippen LogP) is 3.40. The fourth-order valence-corrected chi connectivity index (χ4v) is 1.59. The molecule has 1 N–H and O–H groups in total. The minimum absolute atomic E-state index is 0.0850. The van der Waals surface area contributed by atoms with Crippen molar-refractivity contribution in [2.75, 3.05) is 5.32 Å². The summed E-state index contributed by atoms with van der Waals surface area (Å²) in [6, 6.07) is 2.69. The van der Waals surface area contributed by atoms with E-state index in [1.165, 1.54) is 18.5 Å². The van der Waals surface area contributed by atoms with E-state index < -0.39 is 23.4 Å². The Morgan fingerprint density at radius 3 is 2.42 bits per heavy atom. The average molecular weight is 287 g/mol. The summed E-state index contributed by atoms with van der Waals surface area (Å²) in [6.45, 7) is 0. The zero-order valence-corrected chi connectivity index (χ0v) is 10.0. The van der Waals surface area contributed by atoms with Gasteiger partial charge in [0.25, 0.3) is 5.91 Å². The molecular formula is C12H6ClF3N2O. The lowest BCUT2D eigenvalue weighted by Crippen LogP contribution is -2.13. The van der Waals surface area contributed by atoms with Gasteiger partial charge in [-0.25, -0.2) is 13.2 Å². The van der Waals surface area contributed by atoms with E-state index in [2.05, 4.69) is 10.3 Å². The molecule has 2 aromatic rings. The molecule has 3 nitrogen and oxygen atoms in total. The van der Waals surface area contributed by atoms with Crippen LogP contribution in [0.5, 0.6) is 0 Å². The third-order valence-corrected chi connectivity index (χ3v) is 2.56. The van der Waals surface area contributed by atoms with Crippen LogP contribution in [0.1, 0.15) is 10.4 Å². The number of amides is 1. The van der Waals surface area contributed by atoms with Crippen LogP contribution < -0.4 is 5.32 Å². The molecule has 2 rings (SSSR count). The molecule has 0 aliphatic rings. The number of nitrogens with one attached hydrogen (secondary N) is 1. The fraction of sp³-hybridized carbons (Fsp3) is 0. The first-order chi connectivity index (χ1) is 8.99. The number of nitrogens with zero attached hydrogens (tertiary/aromatic N) is 1. The molecule has 1 heterocycles. The van der Waals surface area contributed by atoms with Gasteiger partial charge in [0.1, 0.15) is 0 Å². The first kappa shape index (κ1) is 13.4. The number of aromatic nitrogens is 1. The zero-order chi connectivity index (χ0) is 14.0. The highest BCUT2D eigenvalue weighted by Crippen LogP contribution is 2.19. The second kappa shape index (κ2) is 5.27. The highest BCUT2D eigenvalue weighted by molar-refractivity contribution is 6.34. The van der Waals surface area contributed by atoms with Crippen molar-refractivity contribution in [3.05, 3.63) is 58.6 Å². The Labute approximate surface area is 111 Å². The molecule has 0 aliphatic carbocycles. The molecule has 0 unspecified atom stereocenters. The number of anilines is 1. The summed E-state index contributed by atoms with van der Waals surface area (Å²) in [4.78, 5) is 15.5. The van der Waals surface area contributed by atoms with Crippen molar-refractivity contribution in [3.63, 3.8) is 0 Å². The average Bonchev–Trinajstić information content (AvgIpc) is 2.36. The van der Waals surface area contributed by atoms with Crippen LogP contribution in [-0.2, 0) is 0 Å². The molecule has 0 fully saturated rings. The topological polar surface area (TPSA) is 42.0 Å². The summed E-state index contributed by atoms with van der Waals surface area (Å²) < 4.78 is 38.7. The van der Waals surface area contributed by atoms with E-state index in [0.29, 0.717) is 12.1 Å². The van der Waals surface area contributed by atoms with Crippen molar-refractivity contribution in [1.82, 2.24) is 4.98 Å². The Balaban J connectivity index is 2.27. The fourth-order valence-electron chi connectivity index (χ4n) is 1.39. The normalized spacial score (nSPS) is 10.3. The number of rotatable bonds is 2. The highest BCUT2D eigenvalue weighted by atomic mass is 35.5. The third kappa shape index (κ3) is 2.85. The molecule has 0 aliphatic heterocycles. The maximum Gasteiger partial charge on any atom is 0.257 e. The number of hydrogen-bond donors (Lipinski definition) is 1. The van der Waals surface area contributed by atoms with Gasteiger partial charge in [-0.2, -0.15) is 0 Å². The second-order valence-corrected chi connectivity index (χ2v) is 3.97. The number of carbonyl (C=O) groups excluding carboxylic acids is 1. The monoisotopic (exact) mass is 286 g/mol. The Hall–Kier alpha value is -2.08. The summed E-state index contributed by atoms with van der Waals surface area (Å²) in [5.74, 6) is -5.06. The van der Waals surface area contributed by atoms with E-state index in [4.69, 9.17) is 11.6 Å². The SMILES string of the molecule is O=C(Nc1cc(F)c(F)c(F)c1)c1ccncc1Cl. The Bertz CT molecular complexity index is 626. The van der Waals surface area contributed by atoms with Crippen LogP contribution in [0, 0.1) is 17.5 Å². The largest absolute Gasteiger partial charge is 0.322 e. The molecule has 7 heteroatoms. The molecule has 1 aromatic carbocycles. The number of pyridine rings is 1. The van der Waals surface area contributed by atoms with Gasteiger partial charge in [0.15, 0.2) is 17.5 Å². The van der Waals surface area contributed by atoms with Gasteiger partial charge < -0.3 is 5.32 Å². The van der Waals surface area contributed by atoms with Gasteiger partial charge in [-0.05, 0) is 6.07 Å². The Morgan fingerprint density at radius 1 is 1.21 bits per heavy atom. The van der Waals surface area contributed by atoms with Crippen molar-refractivity contribution in [1.29, 1.82) is 0 Å². The van der Waals surface area contributed by atoms with Gasteiger partial charge in [0.2, 0.25) is 0 Å². The van der Waals surface area contributed by atoms with E-state index in [9.17, 15) is 18.0 Å². The summed E-state index contributed by atoms with van der Waals surface area (Å²) in [5, 5.41) is 2.30. The van der Waals surface area contributed by atoms with Crippen LogP contribution in [0.3, 0.4) is 0 Å². The zero-order valence-electron chi connectivity index (χ0n) is 9.25. The van der Waals surface area contributed by atoms with Gasteiger partial charge >= 0.3 is 0 Å². The molecule has 19 heavy (non-hydrogen) atoms. The maximum absolute atomic E-state index is 13.0. The van der Waals surface area contributed by atoms with Crippen LogP contribution in [0.15, 0.2) is 30.6 Å². The van der Waals surface area contributed by atoms with Crippen molar-refractivity contribution >= 4 is 23.2 Å². The molecule has 0 saturated carbocycles. The number of hydrogen-bond acceptors (Lipinski definition) is 2. The quantitative estimate of drug-likeness (QED) is 0.860. The lowest BCUT2D eigenvalue weighted by Gasteiger charge is -2.07. The smallest absolute Gasteiger partial charge is 0.257 e. The molecule has 0 spiro atoms. The van der Waals surface area contributed by atoms with Crippen molar-refractivity contribution < 1.29 is 18.0 Å². The van der Waals surface area contributed by atoms with Gasteiger partial charge in [0, 0.05) is 30.2 Å². The van der Waals surface area contributed by atoms with E-state index >= 15 is 0 Å². The molecule has 98 valence electrons. The Kier molecular flexibility index (Phi) is 3.71. The molecule has 1 amide bonds.